The van der Waals surface area contributed by atoms with Gasteiger partial charge in [-0.15, -0.1) is 0 Å². The fourth-order valence-electron chi connectivity index (χ4n) is 1.45. The Kier molecular flexibility index (Phi) is 2.09. The Balaban J connectivity index is 2.79. The normalized spacial score (nSPS) is 11.0. The molecule has 0 spiro atoms. The minimum Gasteiger partial charge on any atom is -0.326 e. The van der Waals surface area contributed by atoms with Crippen LogP contribution in [0.2, 0.25) is 0 Å². The lowest BCUT2D eigenvalue weighted by atomic mass is 10.2. The van der Waals surface area contributed by atoms with E-state index in [1.807, 2.05) is 6.92 Å². The van der Waals surface area contributed by atoms with Crippen molar-refractivity contribution >= 4 is 5.65 Å². The quantitative estimate of drug-likeness (QED) is 0.705. The molecule has 0 amide bonds. The second-order valence-electron chi connectivity index (χ2n) is 3.10. The molecule has 2 rings (SSSR count). The van der Waals surface area contributed by atoms with E-state index in [1.165, 1.54) is 4.52 Å². The molecule has 0 saturated heterocycles. The summed E-state index contributed by atoms with van der Waals surface area (Å²) in [4.78, 5) is 15.9. The molecule has 2 aromatic rings. The fraction of sp³-hybridized carbons (Fsp3) is 0.333. The van der Waals surface area contributed by atoms with E-state index < -0.39 is 0 Å². The van der Waals surface area contributed by atoms with Crippen LogP contribution in [0.25, 0.3) is 5.65 Å². The number of nitrogens with one attached hydrogen (secondary N) is 1. The number of rotatable bonds is 2. The van der Waals surface area contributed by atoms with Crippen molar-refractivity contribution in [2.45, 2.75) is 19.9 Å². The van der Waals surface area contributed by atoms with E-state index in [0.717, 1.165) is 12.0 Å². The molecule has 0 aliphatic carbocycles. The molecule has 2 heterocycles. The molecule has 5 heteroatoms. The Bertz CT molecular complexity index is 511. The topological polar surface area (TPSA) is 76.2 Å². The van der Waals surface area contributed by atoms with Crippen molar-refractivity contribution < 1.29 is 0 Å². The van der Waals surface area contributed by atoms with Crippen molar-refractivity contribution in [1.82, 2.24) is 14.6 Å². The maximum atomic E-state index is 11.7. The van der Waals surface area contributed by atoms with Crippen LogP contribution >= 0.6 is 0 Å². The lowest BCUT2D eigenvalue weighted by molar-refractivity contribution is 0.860. The number of nitrogens with zero attached hydrogens (tertiary/aromatic N) is 2. The zero-order valence-electron chi connectivity index (χ0n) is 7.95. The zero-order chi connectivity index (χ0) is 10.1. The minimum absolute atomic E-state index is 0.114. The standard InChI is InChI=1S/C9H12N4O/c1-2-6-5-12-13-8(6)11-4-7(3-10)9(13)14/h4-5,12H,2-3,10H2,1H3. The Labute approximate surface area is 80.6 Å². The van der Waals surface area contributed by atoms with Crippen LogP contribution in [0.1, 0.15) is 18.1 Å². The molecule has 0 radical (unpaired) electrons. The molecule has 0 saturated carbocycles. The van der Waals surface area contributed by atoms with E-state index in [0.29, 0.717) is 11.2 Å². The van der Waals surface area contributed by atoms with Crippen molar-refractivity contribution in [3.63, 3.8) is 0 Å². The summed E-state index contributed by atoms with van der Waals surface area (Å²) in [6.07, 6.45) is 4.19. The summed E-state index contributed by atoms with van der Waals surface area (Å²) in [5, 5.41) is 2.87. The van der Waals surface area contributed by atoms with Gasteiger partial charge in [-0.25, -0.2) is 9.50 Å². The third kappa shape index (κ3) is 1.13. The molecule has 0 fully saturated rings. The molecule has 0 bridgehead atoms. The van der Waals surface area contributed by atoms with Crippen molar-refractivity contribution in [3.8, 4) is 0 Å². The number of hydrogen-bond acceptors (Lipinski definition) is 3. The largest absolute Gasteiger partial charge is 0.326 e. The van der Waals surface area contributed by atoms with Gasteiger partial charge in [-0.1, -0.05) is 6.92 Å². The smallest absolute Gasteiger partial charge is 0.277 e. The average molecular weight is 192 g/mol. The van der Waals surface area contributed by atoms with E-state index in [4.69, 9.17) is 5.73 Å². The summed E-state index contributed by atoms with van der Waals surface area (Å²) in [5.41, 5.74) is 7.54. The summed E-state index contributed by atoms with van der Waals surface area (Å²) in [7, 11) is 0. The van der Waals surface area contributed by atoms with Gasteiger partial charge in [0.1, 0.15) is 0 Å². The van der Waals surface area contributed by atoms with E-state index in [-0.39, 0.29) is 12.1 Å². The first kappa shape index (κ1) is 8.96. The Morgan fingerprint density at radius 1 is 1.57 bits per heavy atom. The summed E-state index contributed by atoms with van der Waals surface area (Å²) in [6, 6.07) is 0. The Hall–Kier alpha value is -1.62. The monoisotopic (exact) mass is 192 g/mol. The second-order valence-corrected chi connectivity index (χ2v) is 3.10. The van der Waals surface area contributed by atoms with Crippen LogP contribution in [-0.4, -0.2) is 14.6 Å². The highest BCUT2D eigenvalue weighted by molar-refractivity contribution is 5.46. The van der Waals surface area contributed by atoms with Gasteiger partial charge < -0.3 is 5.73 Å². The van der Waals surface area contributed by atoms with Crippen molar-refractivity contribution in [3.05, 3.63) is 33.9 Å². The minimum atomic E-state index is -0.114. The van der Waals surface area contributed by atoms with Gasteiger partial charge in [0.05, 0.1) is 5.56 Å². The van der Waals surface area contributed by atoms with Gasteiger partial charge in [0, 0.05) is 24.5 Å². The number of hydrogen-bond donors (Lipinski definition) is 2. The molecule has 14 heavy (non-hydrogen) atoms. The Morgan fingerprint density at radius 3 is 3.00 bits per heavy atom. The molecule has 0 atom stereocenters. The van der Waals surface area contributed by atoms with Gasteiger partial charge in [0.2, 0.25) is 0 Å². The van der Waals surface area contributed by atoms with E-state index in [2.05, 4.69) is 10.1 Å². The maximum Gasteiger partial charge on any atom is 0.277 e. The fourth-order valence-corrected chi connectivity index (χ4v) is 1.45. The zero-order valence-corrected chi connectivity index (χ0v) is 7.95. The highest BCUT2D eigenvalue weighted by Crippen LogP contribution is 2.05. The molecule has 3 N–H and O–H groups in total. The van der Waals surface area contributed by atoms with Gasteiger partial charge in [0.15, 0.2) is 5.65 Å². The predicted molar refractivity (Wildman–Crippen MR) is 53.1 cm³/mol. The van der Waals surface area contributed by atoms with Crippen molar-refractivity contribution in [2.24, 2.45) is 5.73 Å². The van der Waals surface area contributed by atoms with E-state index in [1.54, 1.807) is 12.4 Å². The summed E-state index contributed by atoms with van der Waals surface area (Å²) in [5.74, 6) is 0. The van der Waals surface area contributed by atoms with Gasteiger partial charge in [-0.2, -0.15) is 0 Å². The number of nitrogens with two attached hydrogens (primary N) is 1. The van der Waals surface area contributed by atoms with Crippen molar-refractivity contribution in [2.75, 3.05) is 0 Å². The summed E-state index contributed by atoms with van der Waals surface area (Å²) < 4.78 is 1.43. The van der Waals surface area contributed by atoms with Crippen LogP contribution in [0.15, 0.2) is 17.2 Å². The molecular weight excluding hydrogens is 180 g/mol. The number of aromatic nitrogens is 3. The number of H-pyrrole nitrogens is 1. The van der Waals surface area contributed by atoms with Crippen LogP contribution in [0.3, 0.4) is 0 Å². The summed E-state index contributed by atoms with van der Waals surface area (Å²) >= 11 is 0. The van der Waals surface area contributed by atoms with Crippen LogP contribution in [0.5, 0.6) is 0 Å². The van der Waals surface area contributed by atoms with Gasteiger partial charge >= 0.3 is 0 Å². The summed E-state index contributed by atoms with van der Waals surface area (Å²) in [6.45, 7) is 2.24. The Morgan fingerprint density at radius 2 is 2.36 bits per heavy atom. The van der Waals surface area contributed by atoms with E-state index >= 15 is 0 Å². The average Bonchev–Trinajstić information content (AvgIpc) is 2.62. The molecule has 0 aromatic carbocycles. The third-order valence-electron chi connectivity index (χ3n) is 2.29. The molecule has 0 aliphatic heterocycles. The number of fused-ring (bicyclic) bond motifs is 1. The SMILES string of the molecule is CCc1c[nH]n2c(=O)c(CN)cnc12. The molecule has 74 valence electrons. The molecule has 0 unspecified atom stereocenters. The molecule has 0 aliphatic rings. The predicted octanol–water partition coefficient (Wildman–Crippen LogP) is 0.0437. The second kappa shape index (κ2) is 3.26. The van der Waals surface area contributed by atoms with Crippen molar-refractivity contribution in [1.29, 1.82) is 0 Å². The van der Waals surface area contributed by atoms with Gasteiger partial charge in [-0.3, -0.25) is 9.89 Å². The van der Waals surface area contributed by atoms with Crippen LogP contribution in [-0.2, 0) is 13.0 Å². The molecular formula is C9H12N4O. The number of aryl methyl sites for hydroxylation is 1. The van der Waals surface area contributed by atoms with Crippen LogP contribution in [0.4, 0.5) is 0 Å². The van der Waals surface area contributed by atoms with Gasteiger partial charge in [0.25, 0.3) is 5.56 Å². The molecule has 5 nitrogen and oxygen atoms in total. The van der Waals surface area contributed by atoms with E-state index in [9.17, 15) is 4.79 Å². The maximum absolute atomic E-state index is 11.7. The van der Waals surface area contributed by atoms with Crippen LogP contribution in [0, 0.1) is 0 Å². The lowest BCUT2D eigenvalue weighted by Gasteiger charge is -1.97. The first-order valence-electron chi connectivity index (χ1n) is 4.55. The lowest BCUT2D eigenvalue weighted by Crippen LogP contribution is -2.21. The first-order chi connectivity index (χ1) is 6.77. The molecule has 2 aromatic heterocycles. The van der Waals surface area contributed by atoms with Crippen LogP contribution < -0.4 is 11.3 Å². The highest BCUT2D eigenvalue weighted by atomic mass is 16.1. The number of aromatic amines is 1. The highest BCUT2D eigenvalue weighted by Gasteiger charge is 2.07. The van der Waals surface area contributed by atoms with Gasteiger partial charge in [-0.05, 0) is 6.42 Å². The first-order valence-corrected chi connectivity index (χ1v) is 4.55. The third-order valence-corrected chi connectivity index (χ3v) is 2.29.